The maximum Gasteiger partial charge on any atom is 0.198 e. The summed E-state index contributed by atoms with van der Waals surface area (Å²) in [6.07, 6.45) is 0. The van der Waals surface area contributed by atoms with Gasteiger partial charge < -0.3 is 10.7 Å². The van der Waals surface area contributed by atoms with E-state index >= 15 is 0 Å². The number of nitrogens with zero attached hydrogens (tertiary/aromatic N) is 1. The first kappa shape index (κ1) is 7.71. The van der Waals surface area contributed by atoms with Crippen LogP contribution in [-0.4, -0.2) is 9.97 Å². The summed E-state index contributed by atoms with van der Waals surface area (Å²) in [6.45, 7) is 0. The minimum atomic E-state index is 0.342. The second kappa shape index (κ2) is 2.54. The molecule has 1 heterocycles. The quantitative estimate of drug-likeness (QED) is 0.689. The van der Waals surface area contributed by atoms with Gasteiger partial charge in [-0.3, -0.25) is 0 Å². The van der Waals surface area contributed by atoms with Crippen LogP contribution >= 0.6 is 23.2 Å². The molecule has 12 heavy (non-hydrogen) atoms. The molecule has 0 saturated carbocycles. The standard InChI is InChI=1S/C7H5Cl2N3/c8-3-1-4(9)6-5(2-3)11-7(10)12-6/h1-2H,(H3,10,11,12). The van der Waals surface area contributed by atoms with Gasteiger partial charge in [-0.15, -0.1) is 0 Å². The van der Waals surface area contributed by atoms with Crippen LogP contribution in [0.1, 0.15) is 0 Å². The summed E-state index contributed by atoms with van der Waals surface area (Å²) in [7, 11) is 0. The van der Waals surface area contributed by atoms with Crippen molar-refractivity contribution < 1.29 is 0 Å². The minimum Gasteiger partial charge on any atom is -0.369 e. The first-order valence-corrected chi connectivity index (χ1v) is 4.02. The molecule has 2 aromatic rings. The van der Waals surface area contributed by atoms with Crippen LogP contribution in [0.15, 0.2) is 12.1 Å². The third-order valence-corrected chi connectivity index (χ3v) is 2.04. The first-order valence-electron chi connectivity index (χ1n) is 3.27. The van der Waals surface area contributed by atoms with Crippen LogP contribution in [0, 0.1) is 0 Å². The van der Waals surface area contributed by atoms with E-state index in [2.05, 4.69) is 9.97 Å². The average Bonchev–Trinajstić information content (AvgIpc) is 2.29. The molecule has 0 aliphatic heterocycles. The van der Waals surface area contributed by atoms with E-state index in [-0.39, 0.29) is 0 Å². The molecule has 1 aromatic carbocycles. The van der Waals surface area contributed by atoms with Crippen LogP contribution in [-0.2, 0) is 0 Å². The molecule has 0 unspecified atom stereocenters. The second-order valence-electron chi connectivity index (χ2n) is 2.40. The van der Waals surface area contributed by atoms with Crippen molar-refractivity contribution in [2.75, 3.05) is 5.73 Å². The molecular formula is C7H5Cl2N3. The van der Waals surface area contributed by atoms with Gasteiger partial charge in [-0.2, -0.15) is 0 Å². The first-order chi connectivity index (χ1) is 5.66. The van der Waals surface area contributed by atoms with Gasteiger partial charge in [0.05, 0.1) is 16.1 Å². The van der Waals surface area contributed by atoms with Gasteiger partial charge in [0.15, 0.2) is 5.95 Å². The number of aromatic nitrogens is 2. The number of halogens is 2. The molecular weight excluding hydrogens is 197 g/mol. The number of benzene rings is 1. The van der Waals surface area contributed by atoms with Gasteiger partial charge in [-0.25, -0.2) is 4.98 Å². The largest absolute Gasteiger partial charge is 0.369 e. The third-order valence-electron chi connectivity index (χ3n) is 1.53. The van der Waals surface area contributed by atoms with E-state index in [0.29, 0.717) is 21.5 Å². The molecule has 0 bridgehead atoms. The number of imidazole rings is 1. The SMILES string of the molecule is Nc1nc2cc(Cl)cc(Cl)c2[nH]1. The highest BCUT2D eigenvalue weighted by molar-refractivity contribution is 6.38. The number of hydrogen-bond donors (Lipinski definition) is 2. The van der Waals surface area contributed by atoms with E-state index in [1.54, 1.807) is 12.1 Å². The normalized spacial score (nSPS) is 10.8. The molecule has 3 nitrogen and oxygen atoms in total. The smallest absolute Gasteiger partial charge is 0.198 e. The number of H-pyrrole nitrogens is 1. The Balaban J connectivity index is 2.88. The highest BCUT2D eigenvalue weighted by Gasteiger charge is 2.04. The van der Waals surface area contributed by atoms with E-state index in [0.717, 1.165) is 5.52 Å². The molecule has 0 aliphatic carbocycles. The molecule has 1 aromatic heterocycles. The van der Waals surface area contributed by atoms with Crippen LogP contribution in [0.3, 0.4) is 0 Å². The van der Waals surface area contributed by atoms with E-state index in [1.165, 1.54) is 0 Å². The topological polar surface area (TPSA) is 54.7 Å². The minimum absolute atomic E-state index is 0.342. The van der Waals surface area contributed by atoms with Crippen molar-refractivity contribution in [3.05, 3.63) is 22.2 Å². The highest BCUT2D eigenvalue weighted by Crippen LogP contribution is 2.26. The summed E-state index contributed by atoms with van der Waals surface area (Å²) >= 11 is 11.6. The summed E-state index contributed by atoms with van der Waals surface area (Å²) in [5.41, 5.74) is 6.85. The summed E-state index contributed by atoms with van der Waals surface area (Å²) in [6, 6.07) is 3.35. The van der Waals surface area contributed by atoms with Crippen LogP contribution in [0.5, 0.6) is 0 Å². The van der Waals surface area contributed by atoms with Gasteiger partial charge in [0, 0.05) is 5.02 Å². The average molecular weight is 202 g/mol. The van der Waals surface area contributed by atoms with Crippen molar-refractivity contribution in [3.8, 4) is 0 Å². The molecule has 2 rings (SSSR count). The van der Waals surface area contributed by atoms with Crippen LogP contribution in [0.2, 0.25) is 10.0 Å². The predicted molar refractivity (Wildman–Crippen MR) is 50.5 cm³/mol. The van der Waals surface area contributed by atoms with Crippen molar-refractivity contribution in [3.63, 3.8) is 0 Å². The molecule has 0 spiro atoms. The molecule has 0 aliphatic rings. The lowest BCUT2D eigenvalue weighted by Gasteiger charge is -1.92. The van der Waals surface area contributed by atoms with Crippen LogP contribution in [0.4, 0.5) is 5.95 Å². The van der Waals surface area contributed by atoms with Gasteiger partial charge in [0.1, 0.15) is 0 Å². The lowest BCUT2D eigenvalue weighted by molar-refractivity contribution is 1.35. The zero-order chi connectivity index (χ0) is 8.72. The Labute approximate surface area is 78.5 Å². The zero-order valence-electron chi connectivity index (χ0n) is 5.94. The van der Waals surface area contributed by atoms with Gasteiger partial charge >= 0.3 is 0 Å². The van der Waals surface area contributed by atoms with Crippen molar-refractivity contribution in [2.45, 2.75) is 0 Å². The fraction of sp³-hybridized carbons (Fsp3) is 0. The number of anilines is 1. The summed E-state index contributed by atoms with van der Waals surface area (Å²) in [4.78, 5) is 6.82. The van der Waals surface area contributed by atoms with Gasteiger partial charge in [-0.1, -0.05) is 23.2 Å². The number of nitrogens with two attached hydrogens (primary N) is 1. The monoisotopic (exact) mass is 201 g/mol. The number of aromatic amines is 1. The van der Waals surface area contributed by atoms with Crippen LogP contribution < -0.4 is 5.73 Å². The molecule has 3 N–H and O–H groups in total. The Bertz CT molecular complexity index is 435. The van der Waals surface area contributed by atoms with Gasteiger partial charge in [0.25, 0.3) is 0 Å². The molecule has 0 fully saturated rings. The maximum absolute atomic E-state index is 5.86. The molecule has 0 amide bonds. The lowest BCUT2D eigenvalue weighted by Crippen LogP contribution is -1.84. The number of rotatable bonds is 0. The van der Waals surface area contributed by atoms with Crippen molar-refractivity contribution in [1.29, 1.82) is 0 Å². The molecule has 0 radical (unpaired) electrons. The Morgan fingerprint density at radius 3 is 2.83 bits per heavy atom. The number of fused-ring (bicyclic) bond motifs is 1. The summed E-state index contributed by atoms with van der Waals surface area (Å²) < 4.78 is 0. The highest BCUT2D eigenvalue weighted by atomic mass is 35.5. The van der Waals surface area contributed by atoms with Crippen molar-refractivity contribution in [1.82, 2.24) is 9.97 Å². The van der Waals surface area contributed by atoms with Gasteiger partial charge in [-0.05, 0) is 12.1 Å². The number of nitrogen functional groups attached to an aromatic ring is 1. The van der Waals surface area contributed by atoms with Crippen LogP contribution in [0.25, 0.3) is 11.0 Å². The number of nitrogens with one attached hydrogen (secondary N) is 1. The summed E-state index contributed by atoms with van der Waals surface area (Å²) in [5, 5.41) is 1.08. The van der Waals surface area contributed by atoms with Gasteiger partial charge in [0.2, 0.25) is 0 Å². The Morgan fingerprint density at radius 1 is 1.33 bits per heavy atom. The predicted octanol–water partition coefficient (Wildman–Crippen LogP) is 2.45. The molecule has 62 valence electrons. The molecule has 0 saturated heterocycles. The third kappa shape index (κ3) is 1.11. The van der Waals surface area contributed by atoms with Crippen molar-refractivity contribution >= 4 is 40.2 Å². The maximum atomic E-state index is 5.86. The Morgan fingerprint density at radius 2 is 2.08 bits per heavy atom. The Kier molecular flexibility index (Phi) is 1.63. The van der Waals surface area contributed by atoms with E-state index < -0.39 is 0 Å². The fourth-order valence-electron chi connectivity index (χ4n) is 1.06. The zero-order valence-corrected chi connectivity index (χ0v) is 7.45. The Hall–Kier alpha value is -0.930. The second-order valence-corrected chi connectivity index (χ2v) is 3.25. The van der Waals surface area contributed by atoms with E-state index in [1.807, 2.05) is 0 Å². The number of hydrogen-bond acceptors (Lipinski definition) is 2. The molecule has 0 atom stereocenters. The molecule has 5 heteroatoms. The van der Waals surface area contributed by atoms with Crippen molar-refractivity contribution in [2.24, 2.45) is 0 Å². The summed E-state index contributed by atoms with van der Waals surface area (Å²) in [5.74, 6) is 0.342. The van der Waals surface area contributed by atoms with E-state index in [9.17, 15) is 0 Å². The lowest BCUT2D eigenvalue weighted by atomic mass is 10.3. The van der Waals surface area contributed by atoms with E-state index in [4.69, 9.17) is 28.9 Å². The fourth-order valence-corrected chi connectivity index (χ4v) is 1.59.